The number of anilines is 1. The predicted molar refractivity (Wildman–Crippen MR) is 142 cm³/mol. The first kappa shape index (κ1) is 25.8. The molecule has 1 fully saturated rings. The van der Waals surface area contributed by atoms with Gasteiger partial charge >= 0.3 is 0 Å². The number of benzene rings is 2. The SMILES string of the molecule is CNC(=O)[C@H]1C[C@@H](n2cnc3ccc(-c4cnc(C)c(NS(=O)(=O)c5ccc(F)cc5Cl)c4)cc3c2=O)C1. The molecule has 38 heavy (non-hydrogen) atoms. The van der Waals surface area contributed by atoms with Crippen LogP contribution in [-0.4, -0.2) is 35.9 Å². The van der Waals surface area contributed by atoms with E-state index >= 15 is 0 Å². The number of sulfonamides is 1. The highest BCUT2D eigenvalue weighted by molar-refractivity contribution is 7.92. The molecule has 12 heteroatoms. The Morgan fingerprint density at radius 2 is 1.87 bits per heavy atom. The molecule has 196 valence electrons. The summed E-state index contributed by atoms with van der Waals surface area (Å²) in [7, 11) is -2.54. The van der Waals surface area contributed by atoms with Crippen molar-refractivity contribution >= 4 is 44.1 Å². The molecule has 0 spiro atoms. The number of fused-ring (bicyclic) bond motifs is 1. The Labute approximate surface area is 222 Å². The summed E-state index contributed by atoms with van der Waals surface area (Å²) in [6.45, 7) is 1.64. The third kappa shape index (κ3) is 4.74. The Bertz CT molecular complexity index is 1750. The van der Waals surface area contributed by atoms with Crippen molar-refractivity contribution in [2.75, 3.05) is 11.8 Å². The van der Waals surface area contributed by atoms with Crippen molar-refractivity contribution in [2.24, 2.45) is 5.92 Å². The van der Waals surface area contributed by atoms with Gasteiger partial charge in [-0.3, -0.25) is 23.9 Å². The minimum absolute atomic E-state index is 0.0367. The molecular weight excluding hydrogens is 533 g/mol. The summed E-state index contributed by atoms with van der Waals surface area (Å²) in [6, 6.07) is 9.71. The number of amides is 1. The van der Waals surface area contributed by atoms with E-state index in [1.54, 1.807) is 49.0 Å². The van der Waals surface area contributed by atoms with Crippen molar-refractivity contribution < 1.29 is 17.6 Å². The molecule has 5 rings (SSSR count). The number of hydrogen-bond donors (Lipinski definition) is 2. The molecule has 9 nitrogen and oxygen atoms in total. The highest BCUT2D eigenvalue weighted by Gasteiger charge is 2.35. The van der Waals surface area contributed by atoms with E-state index in [0.717, 1.165) is 18.2 Å². The fourth-order valence-corrected chi connectivity index (χ4v) is 6.14. The highest BCUT2D eigenvalue weighted by Crippen LogP contribution is 2.37. The lowest BCUT2D eigenvalue weighted by atomic mass is 9.79. The number of carbonyl (C=O) groups is 1. The van der Waals surface area contributed by atoms with Gasteiger partial charge in [0.25, 0.3) is 15.6 Å². The van der Waals surface area contributed by atoms with Crippen LogP contribution in [0.25, 0.3) is 22.0 Å². The lowest BCUT2D eigenvalue weighted by Gasteiger charge is -2.34. The molecule has 2 aromatic heterocycles. The van der Waals surface area contributed by atoms with Gasteiger partial charge in [-0.2, -0.15) is 0 Å². The zero-order chi connectivity index (χ0) is 27.2. The van der Waals surface area contributed by atoms with Crippen molar-refractivity contribution in [3.8, 4) is 11.1 Å². The molecule has 1 aliphatic rings. The van der Waals surface area contributed by atoms with Gasteiger partial charge in [0.05, 0.1) is 33.6 Å². The van der Waals surface area contributed by atoms with Crippen LogP contribution in [0.1, 0.15) is 24.6 Å². The largest absolute Gasteiger partial charge is 0.359 e. The van der Waals surface area contributed by atoms with Crippen molar-refractivity contribution in [3.05, 3.63) is 81.9 Å². The van der Waals surface area contributed by atoms with Gasteiger partial charge in [-0.1, -0.05) is 17.7 Å². The average molecular weight is 556 g/mol. The molecule has 4 aromatic rings. The van der Waals surface area contributed by atoms with Crippen LogP contribution in [0.15, 0.2) is 64.7 Å². The Balaban J connectivity index is 1.47. The predicted octanol–water partition coefficient (Wildman–Crippen LogP) is 4.06. The van der Waals surface area contributed by atoms with E-state index in [1.807, 2.05) is 0 Å². The molecule has 0 bridgehead atoms. The second-order valence-electron chi connectivity index (χ2n) is 9.16. The van der Waals surface area contributed by atoms with E-state index in [4.69, 9.17) is 11.6 Å². The van der Waals surface area contributed by atoms with E-state index in [-0.39, 0.29) is 39.0 Å². The molecule has 1 saturated carbocycles. The molecule has 1 amide bonds. The van der Waals surface area contributed by atoms with Crippen LogP contribution in [0.4, 0.5) is 10.1 Å². The number of carbonyl (C=O) groups excluding carboxylic acids is 1. The Morgan fingerprint density at radius 1 is 1.11 bits per heavy atom. The summed E-state index contributed by atoms with van der Waals surface area (Å²) in [5, 5.41) is 2.79. The molecule has 1 aliphatic carbocycles. The summed E-state index contributed by atoms with van der Waals surface area (Å²) in [5.41, 5.74) is 2.13. The summed E-state index contributed by atoms with van der Waals surface area (Å²) in [5.74, 6) is -0.808. The van der Waals surface area contributed by atoms with E-state index in [9.17, 15) is 22.4 Å². The Kier molecular flexibility index (Phi) is 6.66. The zero-order valence-corrected chi connectivity index (χ0v) is 22.0. The minimum atomic E-state index is -4.13. The van der Waals surface area contributed by atoms with Crippen LogP contribution in [0.2, 0.25) is 5.02 Å². The average Bonchev–Trinajstić information content (AvgIpc) is 2.85. The fourth-order valence-electron chi connectivity index (χ4n) is 4.50. The van der Waals surface area contributed by atoms with E-state index < -0.39 is 15.8 Å². The van der Waals surface area contributed by atoms with E-state index in [0.29, 0.717) is 40.6 Å². The molecule has 2 aromatic carbocycles. The maximum Gasteiger partial charge on any atom is 0.263 e. The third-order valence-electron chi connectivity index (χ3n) is 6.75. The van der Waals surface area contributed by atoms with Crippen LogP contribution < -0.4 is 15.6 Å². The first-order valence-electron chi connectivity index (χ1n) is 11.7. The number of nitrogens with zero attached hydrogens (tertiary/aromatic N) is 3. The topological polar surface area (TPSA) is 123 Å². The van der Waals surface area contributed by atoms with Crippen molar-refractivity contribution in [1.29, 1.82) is 0 Å². The Morgan fingerprint density at radius 3 is 2.58 bits per heavy atom. The van der Waals surface area contributed by atoms with Crippen molar-refractivity contribution in [3.63, 3.8) is 0 Å². The van der Waals surface area contributed by atoms with Gasteiger partial charge in [0.15, 0.2) is 0 Å². The van der Waals surface area contributed by atoms with Gasteiger partial charge in [-0.25, -0.2) is 17.8 Å². The summed E-state index contributed by atoms with van der Waals surface area (Å²) >= 11 is 5.97. The molecule has 2 heterocycles. The van der Waals surface area contributed by atoms with E-state index in [1.165, 1.54) is 6.33 Å². The number of aryl methyl sites for hydroxylation is 1. The molecular formula is C26H23ClFN5O4S. The number of nitrogens with one attached hydrogen (secondary N) is 2. The number of aromatic nitrogens is 3. The fraction of sp³-hybridized carbons (Fsp3) is 0.231. The van der Waals surface area contributed by atoms with Crippen LogP contribution in [0.3, 0.4) is 0 Å². The smallest absolute Gasteiger partial charge is 0.263 e. The first-order valence-corrected chi connectivity index (χ1v) is 13.6. The maximum absolute atomic E-state index is 13.4. The van der Waals surface area contributed by atoms with Gasteiger partial charge in [-0.05, 0) is 61.7 Å². The summed E-state index contributed by atoms with van der Waals surface area (Å²) in [6.07, 6.45) is 4.22. The second-order valence-corrected chi connectivity index (χ2v) is 11.2. The second kappa shape index (κ2) is 9.80. The van der Waals surface area contributed by atoms with Gasteiger partial charge in [0.2, 0.25) is 5.91 Å². The molecule has 2 N–H and O–H groups in total. The zero-order valence-electron chi connectivity index (χ0n) is 20.4. The van der Waals surface area contributed by atoms with Crippen LogP contribution in [0, 0.1) is 18.7 Å². The van der Waals surface area contributed by atoms with Gasteiger partial charge in [-0.15, -0.1) is 0 Å². The van der Waals surface area contributed by atoms with E-state index in [2.05, 4.69) is 20.0 Å². The van der Waals surface area contributed by atoms with Crippen molar-refractivity contribution in [2.45, 2.75) is 30.7 Å². The normalized spacial score (nSPS) is 17.2. The third-order valence-corrected chi connectivity index (χ3v) is 8.60. The molecule has 0 unspecified atom stereocenters. The van der Waals surface area contributed by atoms with Gasteiger partial charge < -0.3 is 5.32 Å². The van der Waals surface area contributed by atoms with Crippen molar-refractivity contribution in [1.82, 2.24) is 19.9 Å². The minimum Gasteiger partial charge on any atom is -0.359 e. The number of pyridine rings is 1. The van der Waals surface area contributed by atoms with Gasteiger partial charge in [0, 0.05) is 30.8 Å². The summed E-state index contributed by atoms with van der Waals surface area (Å²) in [4.78, 5) is 33.6. The molecule has 0 atom stereocenters. The molecule has 0 radical (unpaired) electrons. The number of rotatable bonds is 6. The van der Waals surface area contributed by atoms with Crippen LogP contribution in [-0.2, 0) is 14.8 Å². The molecule has 0 saturated heterocycles. The highest BCUT2D eigenvalue weighted by atomic mass is 35.5. The monoisotopic (exact) mass is 555 g/mol. The lowest BCUT2D eigenvalue weighted by molar-refractivity contribution is -0.128. The standard InChI is InChI=1S/C26H23ClFN5O4S/c1-14-23(32-38(36,37)24-6-4-18(28)11-21(24)27)10-17(12-30-14)15-3-5-22-20(9-15)26(35)33(13-31-22)19-7-16(8-19)25(34)29-2/h3-6,9-13,16,19,32H,7-8H2,1-2H3,(H,29,34)/t16-,19+. The summed E-state index contributed by atoms with van der Waals surface area (Å²) < 4.78 is 43.3. The van der Waals surface area contributed by atoms with Crippen LogP contribution >= 0.6 is 11.6 Å². The maximum atomic E-state index is 13.4. The Hall–Kier alpha value is -3.83. The molecule has 0 aliphatic heterocycles. The van der Waals surface area contributed by atoms with Crippen LogP contribution in [0.5, 0.6) is 0 Å². The number of hydrogen-bond acceptors (Lipinski definition) is 6. The first-order chi connectivity index (χ1) is 18.1. The van der Waals surface area contributed by atoms with Gasteiger partial charge in [0.1, 0.15) is 10.7 Å². The number of halogens is 2. The quantitative estimate of drug-likeness (QED) is 0.370. The lowest BCUT2D eigenvalue weighted by Crippen LogP contribution is -2.41.